The maximum atomic E-state index is 6.55. The van der Waals surface area contributed by atoms with E-state index in [9.17, 15) is 0 Å². The van der Waals surface area contributed by atoms with Crippen molar-refractivity contribution in [3.05, 3.63) is 175 Å². The standard InChI is InChI=1S/C48H31N5O/c1-30-14-12-17-32(28-30)40-29-41(38-22-13-23-39-46(38)54-47(49-39)31-15-4-2-5-16-31)51-48(50-40)53-43-25-11-9-21-35(43)37-27-26-36-34-20-8-10-24-42(34)52(44(36)45(37)53)33-18-6-3-7-19-33/h2-29H,1H3. The molecule has 254 valence electrons. The molecule has 0 atom stereocenters. The SMILES string of the molecule is Cc1cccc(-c2cc(-c3cccc4nc(-c5ccccc5)oc34)nc(-n3c4ccccc4c4ccc5c6ccccc6n(-c6ccccc6)c5c43)n2)c1. The van der Waals surface area contributed by atoms with Gasteiger partial charge in [0.1, 0.15) is 5.52 Å². The molecule has 0 radical (unpaired) electrons. The minimum atomic E-state index is 0.574. The van der Waals surface area contributed by atoms with Gasteiger partial charge in [0, 0.05) is 43.9 Å². The van der Waals surface area contributed by atoms with Gasteiger partial charge >= 0.3 is 0 Å². The summed E-state index contributed by atoms with van der Waals surface area (Å²) in [5, 5.41) is 4.63. The van der Waals surface area contributed by atoms with Crippen LogP contribution in [0.1, 0.15) is 5.56 Å². The molecular weight excluding hydrogens is 663 g/mol. The highest BCUT2D eigenvalue weighted by Gasteiger charge is 2.24. The lowest BCUT2D eigenvalue weighted by Crippen LogP contribution is -2.05. The molecule has 6 nitrogen and oxygen atoms in total. The number of fused-ring (bicyclic) bond motifs is 8. The number of aromatic nitrogens is 5. The van der Waals surface area contributed by atoms with Crippen molar-refractivity contribution in [2.75, 3.05) is 0 Å². The molecule has 4 aromatic heterocycles. The van der Waals surface area contributed by atoms with Gasteiger partial charge in [-0.1, -0.05) is 115 Å². The maximum Gasteiger partial charge on any atom is 0.235 e. The number of benzene rings is 7. The third-order valence-electron chi connectivity index (χ3n) is 10.4. The summed E-state index contributed by atoms with van der Waals surface area (Å²) in [6.07, 6.45) is 0. The van der Waals surface area contributed by atoms with Gasteiger partial charge in [0.15, 0.2) is 5.58 Å². The normalized spacial score (nSPS) is 11.8. The van der Waals surface area contributed by atoms with Gasteiger partial charge in [-0.3, -0.25) is 4.57 Å². The molecule has 0 aliphatic heterocycles. The van der Waals surface area contributed by atoms with Crippen molar-refractivity contribution < 1.29 is 4.42 Å². The van der Waals surface area contributed by atoms with E-state index in [4.69, 9.17) is 19.4 Å². The van der Waals surface area contributed by atoms with Gasteiger partial charge in [0.25, 0.3) is 0 Å². The number of para-hydroxylation sites is 4. The second-order valence-corrected chi connectivity index (χ2v) is 13.7. The molecule has 0 bridgehead atoms. The van der Waals surface area contributed by atoms with Crippen LogP contribution in [0.3, 0.4) is 0 Å². The molecule has 0 N–H and O–H groups in total. The Kier molecular flexibility index (Phi) is 6.67. The van der Waals surface area contributed by atoms with Crippen LogP contribution in [0.25, 0.3) is 100 Å². The molecule has 0 spiro atoms. The maximum absolute atomic E-state index is 6.55. The van der Waals surface area contributed by atoms with Crippen LogP contribution >= 0.6 is 0 Å². The van der Waals surface area contributed by atoms with Gasteiger partial charge in [0.05, 0.1) is 33.5 Å². The van der Waals surface area contributed by atoms with Gasteiger partial charge < -0.3 is 8.98 Å². The third kappa shape index (κ3) is 4.63. The van der Waals surface area contributed by atoms with Crippen LogP contribution in [-0.2, 0) is 0 Å². The lowest BCUT2D eigenvalue weighted by atomic mass is 10.1. The topological polar surface area (TPSA) is 61.7 Å². The highest BCUT2D eigenvalue weighted by atomic mass is 16.3. The number of rotatable bonds is 5. The Morgan fingerprint density at radius 1 is 0.463 bits per heavy atom. The van der Waals surface area contributed by atoms with Crippen LogP contribution < -0.4 is 0 Å². The summed E-state index contributed by atoms with van der Waals surface area (Å²) in [4.78, 5) is 15.7. The number of oxazole rings is 1. The Labute approximate surface area is 310 Å². The summed E-state index contributed by atoms with van der Waals surface area (Å²) in [7, 11) is 0. The van der Waals surface area contributed by atoms with Gasteiger partial charge in [-0.2, -0.15) is 0 Å². The Bertz CT molecular complexity index is 3230. The van der Waals surface area contributed by atoms with E-state index in [1.54, 1.807) is 0 Å². The molecule has 0 saturated heterocycles. The lowest BCUT2D eigenvalue weighted by Gasteiger charge is -2.14. The third-order valence-corrected chi connectivity index (χ3v) is 10.4. The Balaban J connectivity index is 1.27. The number of nitrogens with zero attached hydrogens (tertiary/aromatic N) is 5. The van der Waals surface area contributed by atoms with Crippen LogP contribution in [0.4, 0.5) is 0 Å². The highest BCUT2D eigenvalue weighted by molar-refractivity contribution is 6.23. The van der Waals surface area contributed by atoms with E-state index in [0.29, 0.717) is 17.4 Å². The fraction of sp³-hybridized carbons (Fsp3) is 0.0208. The predicted molar refractivity (Wildman–Crippen MR) is 219 cm³/mol. The van der Waals surface area contributed by atoms with Crippen molar-refractivity contribution in [1.82, 2.24) is 24.1 Å². The Morgan fingerprint density at radius 2 is 1.07 bits per heavy atom. The van der Waals surface area contributed by atoms with E-state index in [1.165, 1.54) is 10.8 Å². The van der Waals surface area contributed by atoms with Gasteiger partial charge in [-0.15, -0.1) is 0 Å². The molecule has 0 unspecified atom stereocenters. The summed E-state index contributed by atoms with van der Waals surface area (Å²) >= 11 is 0. The van der Waals surface area contributed by atoms with Crippen LogP contribution in [0.15, 0.2) is 174 Å². The van der Waals surface area contributed by atoms with Crippen molar-refractivity contribution in [2.24, 2.45) is 0 Å². The summed E-state index contributed by atoms with van der Waals surface area (Å²) in [5.41, 5.74) is 12.4. The first kappa shape index (κ1) is 30.3. The highest BCUT2D eigenvalue weighted by Crippen LogP contribution is 2.42. The Morgan fingerprint density at radius 3 is 1.81 bits per heavy atom. The van der Waals surface area contributed by atoms with Crippen molar-refractivity contribution in [1.29, 1.82) is 0 Å². The first-order valence-electron chi connectivity index (χ1n) is 18.1. The summed E-state index contributed by atoms with van der Waals surface area (Å²) < 4.78 is 11.2. The van der Waals surface area contributed by atoms with E-state index >= 15 is 0 Å². The first-order chi connectivity index (χ1) is 26.7. The number of hydrogen-bond acceptors (Lipinski definition) is 4. The van der Waals surface area contributed by atoms with E-state index in [0.717, 1.165) is 77.7 Å². The van der Waals surface area contributed by atoms with E-state index < -0.39 is 0 Å². The summed E-state index contributed by atoms with van der Waals surface area (Å²) in [6, 6.07) is 59.0. The largest absolute Gasteiger partial charge is 0.435 e. The van der Waals surface area contributed by atoms with E-state index in [2.05, 4.69) is 143 Å². The van der Waals surface area contributed by atoms with Gasteiger partial charge in [-0.05, 0) is 67.6 Å². The molecular formula is C48H31N5O. The van der Waals surface area contributed by atoms with Crippen LogP contribution in [0, 0.1) is 6.92 Å². The molecule has 0 aliphatic rings. The number of aryl methyl sites for hydroxylation is 1. The fourth-order valence-electron chi connectivity index (χ4n) is 8.03. The second-order valence-electron chi connectivity index (χ2n) is 13.7. The zero-order chi connectivity index (χ0) is 35.8. The predicted octanol–water partition coefficient (Wildman–Crippen LogP) is 12.1. The summed E-state index contributed by atoms with van der Waals surface area (Å²) in [6.45, 7) is 2.11. The minimum Gasteiger partial charge on any atom is -0.435 e. The molecule has 6 heteroatoms. The summed E-state index contributed by atoms with van der Waals surface area (Å²) in [5.74, 6) is 1.15. The van der Waals surface area contributed by atoms with E-state index in [-0.39, 0.29) is 0 Å². The van der Waals surface area contributed by atoms with Crippen molar-refractivity contribution in [3.63, 3.8) is 0 Å². The molecule has 4 heterocycles. The second kappa shape index (κ2) is 11.9. The van der Waals surface area contributed by atoms with Gasteiger partial charge in [0.2, 0.25) is 11.8 Å². The zero-order valence-corrected chi connectivity index (χ0v) is 29.3. The van der Waals surface area contributed by atoms with Gasteiger partial charge in [-0.25, -0.2) is 15.0 Å². The minimum absolute atomic E-state index is 0.574. The lowest BCUT2D eigenvalue weighted by molar-refractivity contribution is 0.620. The van der Waals surface area contributed by atoms with Crippen molar-refractivity contribution in [3.8, 4) is 45.6 Å². The monoisotopic (exact) mass is 693 g/mol. The fourth-order valence-corrected chi connectivity index (χ4v) is 8.03. The van der Waals surface area contributed by atoms with Crippen LogP contribution in [0.5, 0.6) is 0 Å². The molecule has 0 fully saturated rings. The average molecular weight is 694 g/mol. The first-order valence-corrected chi connectivity index (χ1v) is 18.1. The van der Waals surface area contributed by atoms with Crippen molar-refractivity contribution >= 4 is 54.7 Å². The van der Waals surface area contributed by atoms with Crippen molar-refractivity contribution in [2.45, 2.75) is 6.92 Å². The van der Waals surface area contributed by atoms with Crippen LogP contribution in [-0.4, -0.2) is 24.1 Å². The molecule has 11 rings (SSSR count). The molecule has 7 aromatic carbocycles. The Hall–Kier alpha value is -7.31. The van der Waals surface area contributed by atoms with E-state index in [1.807, 2.05) is 42.5 Å². The molecule has 0 saturated carbocycles. The quantitative estimate of drug-likeness (QED) is 0.180. The molecule has 0 amide bonds. The molecule has 11 aromatic rings. The molecule has 0 aliphatic carbocycles. The van der Waals surface area contributed by atoms with Crippen LogP contribution in [0.2, 0.25) is 0 Å². The molecule has 54 heavy (non-hydrogen) atoms. The number of hydrogen-bond donors (Lipinski definition) is 0. The smallest absolute Gasteiger partial charge is 0.235 e. The average Bonchev–Trinajstić information content (AvgIpc) is 3.92. The zero-order valence-electron chi connectivity index (χ0n) is 29.3.